The van der Waals surface area contributed by atoms with E-state index in [9.17, 15) is 0 Å². The number of aryl methyl sites for hydroxylation is 4. The van der Waals surface area contributed by atoms with E-state index in [0.717, 1.165) is 59.0 Å². The molecule has 4 rings (SSSR count). The van der Waals surface area contributed by atoms with Crippen LogP contribution >= 0.6 is 0 Å². The first-order valence-electron chi connectivity index (χ1n) is 13.6. The van der Waals surface area contributed by atoms with E-state index in [2.05, 4.69) is 61.4 Å². The van der Waals surface area contributed by atoms with Gasteiger partial charge in [-0.05, 0) is 62.1 Å². The standard InChI is InChI=1S/C32H38N7/c1-26-23-30(24-27(2)32(26)33)36-35-29-15-21-39(22-16-29)18-10-5-4-9-17-38-19-13-28(14-20-38)25-34-37(3)31-11-7-6-8-12-31/h6-8,11-16,19-25,33H,4-5,9-10,17-18H2,1-3H3/q+1/p+1. The number of nitrogen functional groups attached to an aromatic ring is 1. The molecule has 0 saturated heterocycles. The van der Waals surface area contributed by atoms with Crippen LogP contribution < -0.4 is 19.9 Å². The summed E-state index contributed by atoms with van der Waals surface area (Å²) in [4.78, 5) is 0. The zero-order chi connectivity index (χ0) is 27.5. The highest BCUT2D eigenvalue weighted by Crippen LogP contribution is 2.25. The van der Waals surface area contributed by atoms with Crippen molar-refractivity contribution in [3.05, 3.63) is 108 Å². The van der Waals surface area contributed by atoms with Crippen molar-refractivity contribution in [2.45, 2.75) is 52.6 Å². The lowest BCUT2D eigenvalue weighted by Crippen LogP contribution is -2.33. The Morgan fingerprint density at radius 1 is 0.718 bits per heavy atom. The fourth-order valence-electron chi connectivity index (χ4n) is 4.30. The summed E-state index contributed by atoms with van der Waals surface area (Å²) in [7, 11) is 1.96. The van der Waals surface area contributed by atoms with Crippen molar-refractivity contribution >= 4 is 29.0 Å². The second kappa shape index (κ2) is 14.0. The number of hydrazone groups is 1. The van der Waals surface area contributed by atoms with Crippen molar-refractivity contribution < 1.29 is 9.13 Å². The lowest BCUT2D eigenvalue weighted by Gasteiger charge is -2.11. The molecule has 2 aromatic heterocycles. The minimum Gasteiger partial charge on any atom is -0.398 e. The predicted molar refractivity (Wildman–Crippen MR) is 159 cm³/mol. The van der Waals surface area contributed by atoms with E-state index in [1.54, 1.807) is 0 Å². The molecule has 39 heavy (non-hydrogen) atoms. The first-order chi connectivity index (χ1) is 19.0. The third-order valence-electron chi connectivity index (χ3n) is 6.74. The van der Waals surface area contributed by atoms with Gasteiger partial charge in [0.1, 0.15) is 13.1 Å². The van der Waals surface area contributed by atoms with E-state index >= 15 is 0 Å². The third-order valence-corrected chi connectivity index (χ3v) is 6.74. The van der Waals surface area contributed by atoms with Gasteiger partial charge in [0, 0.05) is 55.4 Å². The summed E-state index contributed by atoms with van der Waals surface area (Å²) < 4.78 is 4.45. The molecule has 0 aliphatic heterocycles. The minimum atomic E-state index is 0.816. The maximum Gasteiger partial charge on any atom is 0.171 e. The molecule has 0 bridgehead atoms. The van der Waals surface area contributed by atoms with Crippen LogP contribution in [0.25, 0.3) is 0 Å². The maximum atomic E-state index is 6.02. The van der Waals surface area contributed by atoms with Gasteiger partial charge < -0.3 is 5.73 Å². The largest absolute Gasteiger partial charge is 0.398 e. The van der Waals surface area contributed by atoms with Crippen molar-refractivity contribution in [2.24, 2.45) is 15.3 Å². The Kier molecular flexibility index (Phi) is 9.89. The minimum absolute atomic E-state index is 0.816. The van der Waals surface area contributed by atoms with Gasteiger partial charge in [0.15, 0.2) is 24.8 Å². The Bertz CT molecular complexity index is 1360. The van der Waals surface area contributed by atoms with E-state index in [4.69, 9.17) is 5.73 Å². The van der Waals surface area contributed by atoms with Gasteiger partial charge in [-0.25, -0.2) is 9.13 Å². The fraction of sp³-hybridized carbons (Fsp3) is 0.281. The van der Waals surface area contributed by atoms with Gasteiger partial charge in [0.05, 0.1) is 23.3 Å². The molecule has 0 fully saturated rings. The van der Waals surface area contributed by atoms with Crippen molar-refractivity contribution in [2.75, 3.05) is 17.8 Å². The van der Waals surface area contributed by atoms with E-state index in [0.29, 0.717) is 0 Å². The molecule has 0 amide bonds. The summed E-state index contributed by atoms with van der Waals surface area (Å²) in [5.74, 6) is 0. The number of hydrogen-bond donors (Lipinski definition) is 1. The Morgan fingerprint density at radius 2 is 1.26 bits per heavy atom. The monoisotopic (exact) mass is 521 g/mol. The van der Waals surface area contributed by atoms with Crippen molar-refractivity contribution in [1.29, 1.82) is 0 Å². The van der Waals surface area contributed by atoms with Gasteiger partial charge in [0.25, 0.3) is 0 Å². The van der Waals surface area contributed by atoms with E-state index in [-0.39, 0.29) is 0 Å². The first kappa shape index (κ1) is 27.6. The van der Waals surface area contributed by atoms with Crippen LogP contribution in [0.1, 0.15) is 42.4 Å². The zero-order valence-corrected chi connectivity index (χ0v) is 23.2. The molecule has 7 nitrogen and oxygen atoms in total. The molecule has 2 heterocycles. The van der Waals surface area contributed by atoms with Gasteiger partial charge in [-0.15, -0.1) is 0 Å². The third kappa shape index (κ3) is 8.57. The number of pyridine rings is 2. The fourth-order valence-corrected chi connectivity index (χ4v) is 4.30. The molecule has 200 valence electrons. The maximum absolute atomic E-state index is 6.02. The molecular weight excluding hydrogens is 482 g/mol. The number of nitrogens with zero attached hydrogens (tertiary/aromatic N) is 6. The number of benzene rings is 2. The van der Waals surface area contributed by atoms with E-state index < -0.39 is 0 Å². The number of azo groups is 1. The summed E-state index contributed by atoms with van der Waals surface area (Å²) in [6.07, 6.45) is 15.1. The van der Waals surface area contributed by atoms with E-state index in [1.165, 1.54) is 19.3 Å². The van der Waals surface area contributed by atoms with Gasteiger partial charge in [-0.1, -0.05) is 18.2 Å². The molecular formula is C32H39N7+2. The molecule has 0 atom stereocenters. The molecule has 0 spiro atoms. The molecule has 0 aliphatic rings. The smallest absolute Gasteiger partial charge is 0.171 e. The molecule has 2 N–H and O–H groups in total. The summed E-state index contributed by atoms with van der Waals surface area (Å²) in [6.45, 7) is 6.02. The quantitative estimate of drug-likeness (QED) is 0.0569. The van der Waals surface area contributed by atoms with E-state index in [1.807, 2.05) is 86.7 Å². The highest BCUT2D eigenvalue weighted by atomic mass is 15.4. The number of unbranched alkanes of at least 4 members (excludes halogenated alkanes) is 3. The average molecular weight is 522 g/mol. The Hall–Kier alpha value is -4.39. The van der Waals surface area contributed by atoms with Crippen LogP contribution in [-0.4, -0.2) is 13.3 Å². The molecule has 7 heteroatoms. The highest BCUT2D eigenvalue weighted by Gasteiger charge is 2.05. The predicted octanol–water partition coefficient (Wildman–Crippen LogP) is 6.61. The Morgan fingerprint density at radius 3 is 1.85 bits per heavy atom. The lowest BCUT2D eigenvalue weighted by molar-refractivity contribution is -0.698. The Labute approximate surface area is 232 Å². The van der Waals surface area contributed by atoms with Crippen LogP contribution in [0.5, 0.6) is 0 Å². The second-order valence-corrected chi connectivity index (χ2v) is 9.87. The SMILES string of the molecule is Cc1cc(N=Nc2cc[n+](CCCCCC[n+]3ccc(C=NN(C)c4ccccc4)cc3)cc2)cc(C)c1N. The second-order valence-electron chi connectivity index (χ2n) is 9.87. The summed E-state index contributed by atoms with van der Waals surface area (Å²) in [5.41, 5.74) is 12.7. The van der Waals surface area contributed by atoms with Gasteiger partial charge in [0.2, 0.25) is 0 Å². The number of aromatic nitrogens is 2. The lowest BCUT2D eigenvalue weighted by atomic mass is 10.1. The highest BCUT2D eigenvalue weighted by molar-refractivity contribution is 5.79. The topological polar surface area (TPSA) is 74.1 Å². The van der Waals surface area contributed by atoms with Crippen LogP contribution in [0, 0.1) is 13.8 Å². The molecule has 0 saturated carbocycles. The van der Waals surface area contributed by atoms with Crippen LogP contribution in [0.15, 0.2) is 107 Å². The number of nitrogens with two attached hydrogens (primary N) is 1. The van der Waals surface area contributed by atoms with Gasteiger partial charge in [-0.2, -0.15) is 15.3 Å². The molecule has 0 unspecified atom stereocenters. The molecule has 0 radical (unpaired) electrons. The van der Waals surface area contributed by atoms with Crippen LogP contribution in [-0.2, 0) is 13.1 Å². The molecule has 0 aliphatic carbocycles. The van der Waals surface area contributed by atoms with Crippen molar-refractivity contribution in [3.63, 3.8) is 0 Å². The van der Waals surface area contributed by atoms with Crippen molar-refractivity contribution in [1.82, 2.24) is 0 Å². The number of rotatable bonds is 12. The summed E-state index contributed by atoms with van der Waals surface area (Å²) >= 11 is 0. The van der Waals surface area contributed by atoms with Crippen LogP contribution in [0.4, 0.5) is 22.7 Å². The number of para-hydroxylation sites is 1. The molecule has 4 aromatic rings. The zero-order valence-electron chi connectivity index (χ0n) is 23.2. The van der Waals surface area contributed by atoms with Gasteiger partial charge >= 0.3 is 0 Å². The Balaban J connectivity index is 1.13. The van der Waals surface area contributed by atoms with Crippen LogP contribution in [0.3, 0.4) is 0 Å². The average Bonchev–Trinajstić information content (AvgIpc) is 2.97. The normalized spacial score (nSPS) is 11.5. The molecule has 2 aromatic carbocycles. The summed E-state index contributed by atoms with van der Waals surface area (Å²) in [6, 6.07) is 22.3. The number of hydrogen-bond acceptors (Lipinski definition) is 5. The number of anilines is 2. The van der Waals surface area contributed by atoms with Crippen LogP contribution in [0.2, 0.25) is 0 Å². The van der Waals surface area contributed by atoms with Gasteiger partial charge in [-0.3, -0.25) is 5.01 Å². The van der Waals surface area contributed by atoms with Crippen molar-refractivity contribution in [3.8, 4) is 0 Å². The first-order valence-corrected chi connectivity index (χ1v) is 13.6. The summed E-state index contributed by atoms with van der Waals surface area (Å²) in [5, 5.41) is 15.2.